The van der Waals surface area contributed by atoms with Crippen LogP contribution in [0.15, 0.2) is 36.5 Å². The number of esters is 1. The first-order chi connectivity index (χ1) is 8.02. The van der Waals surface area contributed by atoms with Gasteiger partial charge in [0.2, 0.25) is 0 Å². The van der Waals surface area contributed by atoms with E-state index < -0.39 is 6.37 Å². The highest BCUT2D eigenvalue weighted by Crippen LogP contribution is 1.94. The van der Waals surface area contributed by atoms with Crippen molar-refractivity contribution in [1.29, 1.82) is 0 Å². The van der Waals surface area contributed by atoms with E-state index in [0.717, 1.165) is 12.8 Å². The Morgan fingerprint density at radius 1 is 1.20 bits per heavy atom. The molecule has 0 rings (SSSR count). The maximum absolute atomic E-state index is 10.8. The second-order valence-electron chi connectivity index (χ2n) is 2.87. The summed E-state index contributed by atoms with van der Waals surface area (Å²) in [6, 6.07) is 0. The highest BCUT2D eigenvalue weighted by atomic mass is 16.5. The van der Waals surface area contributed by atoms with Gasteiger partial charge in [-0.2, -0.15) is 0 Å². The van der Waals surface area contributed by atoms with E-state index in [0.29, 0.717) is 0 Å². The number of ether oxygens (including phenoxy) is 1. The number of carbonyl (C=O) groups is 1. The van der Waals surface area contributed by atoms with Gasteiger partial charge < -0.3 is 4.74 Å². The number of allylic oxidation sites excluding steroid dienone is 5. The molecule has 0 heterocycles. The fraction of sp³-hybridized carbons (Fsp3) is 0.462. The summed E-state index contributed by atoms with van der Waals surface area (Å²) >= 11 is 0. The maximum Gasteiger partial charge on any atom is 0.309 e. The molecule has 2 heteroatoms. The molecule has 0 unspecified atom stereocenters. The van der Waals surface area contributed by atoms with Gasteiger partial charge in [0.15, 0.2) is 0 Å². The summed E-state index contributed by atoms with van der Waals surface area (Å²) in [6.45, 7) is 2.05. The molecule has 0 aliphatic rings. The lowest BCUT2D eigenvalue weighted by atomic mass is 10.2. The molecule has 15 heavy (non-hydrogen) atoms. The molecule has 84 valence electrons. The lowest BCUT2D eigenvalue weighted by molar-refractivity contribution is -0.139. The monoisotopic (exact) mass is 210 g/mol. The minimum absolute atomic E-state index is 0.0968. The number of methoxy groups -OCH3 is 1. The Bertz CT molecular complexity index is 305. The zero-order valence-electron chi connectivity index (χ0n) is 11.4. The van der Waals surface area contributed by atoms with Crippen molar-refractivity contribution in [3.05, 3.63) is 36.5 Å². The molecule has 0 fully saturated rings. The van der Waals surface area contributed by atoms with E-state index in [-0.39, 0.29) is 12.4 Å². The van der Waals surface area contributed by atoms with Gasteiger partial charge in [0.1, 0.15) is 0 Å². The van der Waals surface area contributed by atoms with Gasteiger partial charge >= 0.3 is 5.97 Å². The summed E-state index contributed by atoms with van der Waals surface area (Å²) in [7, 11) is 1.31. The number of hydrogen-bond acceptors (Lipinski definition) is 2. The summed E-state index contributed by atoms with van der Waals surface area (Å²) in [4.78, 5) is 10.8. The Kier molecular flexibility index (Phi) is 7.33. The van der Waals surface area contributed by atoms with Gasteiger partial charge in [0.05, 0.1) is 13.5 Å². The largest absolute Gasteiger partial charge is 0.469 e. The van der Waals surface area contributed by atoms with Crippen molar-refractivity contribution < 1.29 is 12.3 Å². The molecule has 0 aliphatic heterocycles. The summed E-state index contributed by atoms with van der Waals surface area (Å²) in [5, 5.41) is 0. The molecule has 0 N–H and O–H groups in total. The predicted molar refractivity (Wildman–Crippen MR) is 63.6 cm³/mol. The van der Waals surface area contributed by atoms with Crippen LogP contribution in [-0.2, 0) is 9.53 Å². The number of rotatable bonds is 7. The minimum atomic E-state index is -1.52. The molecule has 0 bridgehead atoms. The molecule has 0 radical (unpaired) electrons. The van der Waals surface area contributed by atoms with Crippen LogP contribution in [0.4, 0.5) is 0 Å². The van der Waals surface area contributed by atoms with Crippen LogP contribution in [0.5, 0.6) is 0 Å². The molecule has 0 aliphatic carbocycles. The van der Waals surface area contributed by atoms with Gasteiger partial charge in [-0.05, 0) is 19.2 Å². The molecule has 0 spiro atoms. The second kappa shape index (κ2) is 10.8. The lowest BCUT2D eigenvalue weighted by Crippen LogP contribution is -1.96. The summed E-state index contributed by atoms with van der Waals surface area (Å²) in [5.74, 6) is -0.369. The third-order valence-corrected chi connectivity index (χ3v) is 1.61. The van der Waals surface area contributed by atoms with Crippen molar-refractivity contribution >= 4 is 5.97 Å². The highest BCUT2D eigenvalue weighted by Gasteiger charge is 1.91. The van der Waals surface area contributed by atoms with Gasteiger partial charge in [0.25, 0.3) is 0 Å². The molecular formula is C13H20O2. The Labute approximate surface area is 95.1 Å². The van der Waals surface area contributed by atoms with E-state index in [1.165, 1.54) is 25.3 Å². The Morgan fingerprint density at radius 2 is 1.87 bits per heavy atom. The first-order valence-corrected chi connectivity index (χ1v) is 5.09. The molecule has 0 saturated heterocycles. The predicted octanol–water partition coefficient (Wildman–Crippen LogP) is 3.41. The third-order valence-electron chi connectivity index (χ3n) is 1.61. The number of carbonyl (C=O) groups excluding carboxylic acids is 1. The first kappa shape index (κ1) is 10.2. The van der Waals surface area contributed by atoms with Crippen molar-refractivity contribution in [2.24, 2.45) is 0 Å². The first-order valence-electron chi connectivity index (χ1n) is 6.09. The van der Waals surface area contributed by atoms with Crippen LogP contribution in [0.2, 0.25) is 0 Å². The van der Waals surface area contributed by atoms with Crippen molar-refractivity contribution in [2.45, 2.75) is 32.6 Å². The zero-order valence-corrected chi connectivity index (χ0v) is 9.40. The minimum Gasteiger partial charge on any atom is -0.469 e. The molecule has 0 aromatic heterocycles. The average molecular weight is 210 g/mol. The molecule has 0 aromatic carbocycles. The van der Waals surface area contributed by atoms with Gasteiger partial charge in [-0.1, -0.05) is 43.4 Å². The lowest BCUT2D eigenvalue weighted by Gasteiger charge is -1.90. The molecule has 0 atom stereocenters. The van der Waals surface area contributed by atoms with E-state index in [1.54, 1.807) is 6.08 Å². The fourth-order valence-corrected chi connectivity index (χ4v) is 0.840. The van der Waals surface area contributed by atoms with Gasteiger partial charge in [-0.15, -0.1) is 0 Å². The van der Waals surface area contributed by atoms with Gasteiger partial charge in [-0.25, -0.2) is 0 Å². The van der Waals surface area contributed by atoms with Crippen LogP contribution in [0.25, 0.3) is 0 Å². The molecular weight excluding hydrogens is 188 g/mol. The fourth-order valence-electron chi connectivity index (χ4n) is 0.840. The van der Waals surface area contributed by atoms with Crippen LogP contribution in [0.1, 0.15) is 35.3 Å². The Morgan fingerprint density at radius 3 is 2.53 bits per heavy atom. The van der Waals surface area contributed by atoms with Crippen LogP contribution in [0.3, 0.4) is 0 Å². The quantitative estimate of drug-likeness (QED) is 0.475. The molecule has 0 saturated carbocycles. The topological polar surface area (TPSA) is 26.3 Å². The van der Waals surface area contributed by atoms with Crippen LogP contribution < -0.4 is 0 Å². The third kappa shape index (κ3) is 10.6. The van der Waals surface area contributed by atoms with E-state index in [9.17, 15) is 4.79 Å². The van der Waals surface area contributed by atoms with Crippen LogP contribution in [-0.4, -0.2) is 13.1 Å². The average Bonchev–Trinajstić information content (AvgIpc) is 2.28. The van der Waals surface area contributed by atoms with Crippen molar-refractivity contribution in [3.63, 3.8) is 0 Å². The van der Waals surface area contributed by atoms with E-state index >= 15 is 0 Å². The summed E-state index contributed by atoms with van der Waals surface area (Å²) < 4.78 is 19.7. The van der Waals surface area contributed by atoms with Crippen LogP contribution in [0, 0.1) is 0 Å². The van der Waals surface area contributed by atoms with Gasteiger partial charge in [-0.3, -0.25) is 4.79 Å². The zero-order chi connectivity index (χ0) is 13.1. The summed E-state index contributed by atoms with van der Waals surface area (Å²) in [5.41, 5.74) is 0. The van der Waals surface area contributed by atoms with E-state index in [1.807, 2.05) is 12.2 Å². The smallest absolute Gasteiger partial charge is 0.309 e. The molecule has 2 nitrogen and oxygen atoms in total. The molecule has 0 amide bonds. The van der Waals surface area contributed by atoms with E-state index in [4.69, 9.17) is 2.74 Å². The normalized spacial score (nSPS) is 14.8. The van der Waals surface area contributed by atoms with Crippen LogP contribution >= 0.6 is 0 Å². The van der Waals surface area contributed by atoms with Crippen molar-refractivity contribution in [3.8, 4) is 0 Å². The van der Waals surface area contributed by atoms with Crippen molar-refractivity contribution in [1.82, 2.24) is 0 Å². The van der Waals surface area contributed by atoms with E-state index in [2.05, 4.69) is 11.7 Å². The maximum atomic E-state index is 10.8. The standard InChI is InChI=1S/C13H20O2/c1-3-4-5-6-7-8-9-10-11-12-13(14)15-2/h4-5,7-8,10-11H,3,6,9,12H2,1-2H3/b5-4-,8-7-,11-10-/i9D2. The van der Waals surface area contributed by atoms with Crippen molar-refractivity contribution in [2.75, 3.05) is 7.11 Å². The molecule has 0 aromatic rings. The van der Waals surface area contributed by atoms with Gasteiger partial charge in [0, 0.05) is 2.74 Å². The summed E-state index contributed by atoms with van der Waals surface area (Å²) in [6.07, 6.45) is 10.4. The second-order valence-corrected chi connectivity index (χ2v) is 2.87. The Hall–Kier alpha value is -1.31. The SMILES string of the molecule is [2H]C([2H])(/C=C\C/C=C\CC)/C=C\CC(=O)OC. The highest BCUT2D eigenvalue weighted by molar-refractivity contribution is 5.70. The Balaban J connectivity index is 4.09. The number of hydrogen-bond donors (Lipinski definition) is 0.